The first-order chi connectivity index (χ1) is 8.36. The van der Waals surface area contributed by atoms with Crippen molar-refractivity contribution in [3.8, 4) is 0 Å². The molecule has 87 valence electrons. The third-order valence-corrected chi connectivity index (χ3v) is 2.88. The molecule has 0 unspecified atom stereocenters. The Labute approximate surface area is 98.6 Å². The van der Waals surface area contributed by atoms with E-state index in [0.29, 0.717) is 26.3 Å². The van der Waals surface area contributed by atoms with Crippen LogP contribution in [0.15, 0.2) is 24.4 Å². The summed E-state index contributed by atoms with van der Waals surface area (Å²) < 4.78 is 6.67. The topological polar surface area (TPSA) is 47.4 Å². The van der Waals surface area contributed by atoms with Crippen LogP contribution in [0.5, 0.6) is 0 Å². The van der Waals surface area contributed by atoms with E-state index in [-0.39, 0.29) is 6.03 Å². The van der Waals surface area contributed by atoms with Gasteiger partial charge in [-0.15, -0.1) is 0 Å². The van der Waals surface area contributed by atoms with E-state index in [4.69, 9.17) is 4.74 Å². The summed E-state index contributed by atoms with van der Waals surface area (Å²) in [6, 6.07) is 8.34. The zero-order valence-electron chi connectivity index (χ0n) is 9.30. The highest BCUT2D eigenvalue weighted by atomic mass is 16.5. The Kier molecular flexibility index (Phi) is 2.53. The van der Waals surface area contributed by atoms with Gasteiger partial charge >= 0.3 is 6.03 Å². The summed E-state index contributed by atoms with van der Waals surface area (Å²) in [6.07, 6.45) is 1.68. The second kappa shape index (κ2) is 4.18. The number of morpholine rings is 1. The van der Waals surface area contributed by atoms with Crippen LogP contribution in [0.2, 0.25) is 0 Å². The van der Waals surface area contributed by atoms with Gasteiger partial charge in [-0.2, -0.15) is 9.78 Å². The fraction of sp³-hybridized carbons (Fsp3) is 0.333. The van der Waals surface area contributed by atoms with Gasteiger partial charge in [-0.05, 0) is 18.2 Å². The number of amides is 1. The Hall–Kier alpha value is -1.88. The molecule has 1 aromatic heterocycles. The number of benzene rings is 1. The molecule has 2 heterocycles. The summed E-state index contributed by atoms with van der Waals surface area (Å²) in [5.41, 5.74) is 0.820. The van der Waals surface area contributed by atoms with E-state index in [9.17, 15) is 4.79 Å². The van der Waals surface area contributed by atoms with Gasteiger partial charge in [0.25, 0.3) is 0 Å². The number of ether oxygens (including phenoxy) is 1. The molecule has 2 aromatic rings. The molecular formula is C12H12N3O2. The quantitative estimate of drug-likeness (QED) is 0.681. The van der Waals surface area contributed by atoms with E-state index in [0.717, 1.165) is 10.9 Å². The standard InChI is InChI=1S/C12H12N3O2/c16-12(14-5-7-17-8-6-14)15-11-4-2-1-3-10(11)9-13-15/h2-4,9H,5-8H2. The average molecular weight is 230 g/mol. The number of nitrogens with zero attached hydrogens (tertiary/aromatic N) is 3. The lowest BCUT2D eigenvalue weighted by Crippen LogP contribution is -2.43. The molecule has 17 heavy (non-hydrogen) atoms. The molecule has 1 aliphatic rings. The first kappa shape index (κ1) is 10.3. The Morgan fingerprint density at radius 3 is 3.06 bits per heavy atom. The maximum Gasteiger partial charge on any atom is 0.345 e. The highest BCUT2D eigenvalue weighted by molar-refractivity contribution is 5.89. The van der Waals surface area contributed by atoms with Gasteiger partial charge in [0.15, 0.2) is 0 Å². The van der Waals surface area contributed by atoms with Crippen LogP contribution >= 0.6 is 0 Å². The smallest absolute Gasteiger partial charge is 0.345 e. The summed E-state index contributed by atoms with van der Waals surface area (Å²) in [7, 11) is 0. The summed E-state index contributed by atoms with van der Waals surface area (Å²) >= 11 is 0. The summed E-state index contributed by atoms with van der Waals surface area (Å²) in [4.78, 5) is 14.0. The van der Waals surface area contributed by atoms with Crippen LogP contribution in [0.1, 0.15) is 0 Å². The lowest BCUT2D eigenvalue weighted by atomic mass is 10.3. The van der Waals surface area contributed by atoms with Crippen LogP contribution in [0.25, 0.3) is 10.9 Å². The van der Waals surface area contributed by atoms with Gasteiger partial charge in [-0.1, -0.05) is 6.07 Å². The molecule has 0 atom stereocenters. The zero-order chi connectivity index (χ0) is 11.7. The first-order valence-electron chi connectivity index (χ1n) is 5.57. The minimum absolute atomic E-state index is 0.0884. The predicted molar refractivity (Wildman–Crippen MR) is 61.8 cm³/mol. The van der Waals surface area contributed by atoms with Crippen molar-refractivity contribution in [1.29, 1.82) is 0 Å². The highest BCUT2D eigenvalue weighted by Gasteiger charge is 2.20. The van der Waals surface area contributed by atoms with E-state index in [1.54, 1.807) is 17.2 Å². The molecule has 3 rings (SSSR count). The van der Waals surface area contributed by atoms with Gasteiger partial charge in [0.1, 0.15) is 0 Å². The van der Waals surface area contributed by atoms with Crippen LogP contribution in [0, 0.1) is 6.07 Å². The predicted octanol–water partition coefficient (Wildman–Crippen LogP) is 1.14. The summed E-state index contributed by atoms with van der Waals surface area (Å²) in [5.74, 6) is 0. The van der Waals surface area contributed by atoms with E-state index in [2.05, 4.69) is 11.2 Å². The van der Waals surface area contributed by atoms with Crippen LogP contribution < -0.4 is 0 Å². The van der Waals surface area contributed by atoms with Crippen molar-refractivity contribution in [3.63, 3.8) is 0 Å². The monoisotopic (exact) mass is 230 g/mol. The highest BCUT2D eigenvalue weighted by Crippen LogP contribution is 2.13. The van der Waals surface area contributed by atoms with Gasteiger partial charge in [-0.25, -0.2) is 4.79 Å². The maximum atomic E-state index is 12.2. The van der Waals surface area contributed by atoms with Crippen LogP contribution in [-0.2, 0) is 4.74 Å². The molecule has 0 N–H and O–H groups in total. The molecule has 1 radical (unpaired) electrons. The molecule has 1 aliphatic heterocycles. The Balaban J connectivity index is 1.95. The van der Waals surface area contributed by atoms with Crippen molar-refractivity contribution >= 4 is 16.9 Å². The van der Waals surface area contributed by atoms with Gasteiger partial charge < -0.3 is 9.64 Å². The maximum absolute atomic E-state index is 12.2. The number of fused-ring (bicyclic) bond motifs is 1. The van der Waals surface area contributed by atoms with Crippen molar-refractivity contribution < 1.29 is 9.53 Å². The molecule has 0 aliphatic carbocycles. The SMILES string of the molecule is O=C(N1CCOCC1)n1ncc2c[c]ccc21. The largest absolute Gasteiger partial charge is 0.378 e. The summed E-state index contributed by atoms with van der Waals surface area (Å²) in [6.45, 7) is 2.44. The van der Waals surface area contributed by atoms with Crippen molar-refractivity contribution in [3.05, 3.63) is 30.5 Å². The first-order valence-corrected chi connectivity index (χ1v) is 5.57. The molecule has 5 heteroatoms. The van der Waals surface area contributed by atoms with Crippen molar-refractivity contribution in [2.45, 2.75) is 0 Å². The van der Waals surface area contributed by atoms with Crippen LogP contribution in [-0.4, -0.2) is 47.0 Å². The molecule has 1 fully saturated rings. The number of carbonyl (C=O) groups excluding carboxylic acids is 1. The molecule has 1 saturated heterocycles. The van der Waals surface area contributed by atoms with E-state index in [1.807, 2.05) is 12.1 Å². The fourth-order valence-electron chi connectivity index (χ4n) is 1.95. The third-order valence-electron chi connectivity index (χ3n) is 2.88. The van der Waals surface area contributed by atoms with Crippen molar-refractivity contribution in [1.82, 2.24) is 14.7 Å². The van der Waals surface area contributed by atoms with Crippen LogP contribution in [0.3, 0.4) is 0 Å². The molecule has 5 nitrogen and oxygen atoms in total. The third kappa shape index (κ3) is 1.78. The molecular weight excluding hydrogens is 218 g/mol. The van der Waals surface area contributed by atoms with Gasteiger partial charge in [0.05, 0.1) is 24.9 Å². The lowest BCUT2D eigenvalue weighted by Gasteiger charge is -2.26. The van der Waals surface area contributed by atoms with Crippen molar-refractivity contribution in [2.24, 2.45) is 0 Å². The van der Waals surface area contributed by atoms with E-state index in [1.165, 1.54) is 4.68 Å². The van der Waals surface area contributed by atoms with E-state index >= 15 is 0 Å². The molecule has 1 aromatic carbocycles. The number of aromatic nitrogens is 2. The fourth-order valence-corrected chi connectivity index (χ4v) is 1.95. The zero-order valence-corrected chi connectivity index (χ0v) is 9.30. The lowest BCUT2D eigenvalue weighted by molar-refractivity contribution is 0.0531. The number of hydrogen-bond acceptors (Lipinski definition) is 3. The summed E-state index contributed by atoms with van der Waals surface area (Å²) in [5, 5.41) is 5.06. The van der Waals surface area contributed by atoms with Gasteiger partial charge in [0.2, 0.25) is 0 Å². The number of carbonyl (C=O) groups is 1. The average Bonchev–Trinajstić information content (AvgIpc) is 2.83. The molecule has 1 amide bonds. The Bertz CT molecular complexity index is 543. The van der Waals surface area contributed by atoms with Gasteiger partial charge in [-0.3, -0.25) is 0 Å². The number of rotatable bonds is 0. The van der Waals surface area contributed by atoms with Gasteiger partial charge in [0, 0.05) is 18.5 Å². The molecule has 0 saturated carbocycles. The van der Waals surface area contributed by atoms with Crippen molar-refractivity contribution in [2.75, 3.05) is 26.3 Å². The Morgan fingerprint density at radius 1 is 1.41 bits per heavy atom. The molecule has 0 bridgehead atoms. The minimum Gasteiger partial charge on any atom is -0.378 e. The van der Waals surface area contributed by atoms with E-state index < -0.39 is 0 Å². The Morgan fingerprint density at radius 2 is 2.24 bits per heavy atom. The van der Waals surface area contributed by atoms with Crippen LogP contribution in [0.4, 0.5) is 4.79 Å². The number of hydrogen-bond donors (Lipinski definition) is 0. The second-order valence-electron chi connectivity index (χ2n) is 3.92. The second-order valence-corrected chi connectivity index (χ2v) is 3.92. The normalized spacial score (nSPS) is 16.4. The minimum atomic E-state index is -0.0884. The molecule has 0 spiro atoms.